The first kappa shape index (κ1) is 44.4. The summed E-state index contributed by atoms with van der Waals surface area (Å²) >= 11 is -5.09. The van der Waals surface area contributed by atoms with Crippen molar-refractivity contribution in [3.63, 3.8) is 0 Å². The molecule has 6 heterocycles. The molecule has 0 unspecified atom stereocenters. The Hall–Kier alpha value is -4.14. The van der Waals surface area contributed by atoms with E-state index in [2.05, 4.69) is 5.58 Å². The van der Waals surface area contributed by atoms with E-state index in [0.717, 1.165) is 60.9 Å². The summed E-state index contributed by atoms with van der Waals surface area (Å²) in [5, 5.41) is 1.49. The second kappa shape index (κ2) is 18.6. The molecule has 6 rings (SSSR count). The number of hydrogen-bond acceptors (Lipinski definition) is 10. The first-order valence-electron chi connectivity index (χ1n) is 20.4. The molecular formula is C44H52Cl2N4O8Sn. The number of rotatable bonds is 16. The van der Waals surface area contributed by atoms with Gasteiger partial charge < -0.3 is 0 Å². The molecule has 6 bridgehead atoms. The molecule has 59 heavy (non-hydrogen) atoms. The molecule has 0 fully saturated rings. The second-order valence-corrected chi connectivity index (χ2v) is 28.5. The van der Waals surface area contributed by atoms with E-state index < -0.39 is 16.7 Å². The molecule has 314 valence electrons. The van der Waals surface area contributed by atoms with Gasteiger partial charge in [0.05, 0.1) is 0 Å². The summed E-state index contributed by atoms with van der Waals surface area (Å²) in [5.74, 6) is -1.26. The van der Waals surface area contributed by atoms with Gasteiger partial charge in [-0.25, -0.2) is 0 Å². The number of ether oxygens (including phenoxy) is 4. The van der Waals surface area contributed by atoms with E-state index in [4.69, 9.17) is 46.8 Å². The molecule has 0 radical (unpaired) electrons. The van der Waals surface area contributed by atoms with Gasteiger partial charge in [0.2, 0.25) is 0 Å². The normalized spacial score (nSPS) is 16.0. The molecule has 0 aliphatic carbocycles. The van der Waals surface area contributed by atoms with E-state index in [0.29, 0.717) is 54.2 Å². The van der Waals surface area contributed by atoms with E-state index in [-0.39, 0.29) is 76.0 Å². The van der Waals surface area contributed by atoms with E-state index >= 15 is 0 Å². The van der Waals surface area contributed by atoms with E-state index in [1.54, 1.807) is 27.7 Å². The topological polar surface area (TPSA) is 140 Å². The summed E-state index contributed by atoms with van der Waals surface area (Å²) in [5.41, 5.74) is 11.2. The zero-order chi connectivity index (χ0) is 42.8. The zero-order valence-corrected chi connectivity index (χ0v) is 39.5. The molecule has 15 heteroatoms. The maximum atomic E-state index is 12.9. The van der Waals surface area contributed by atoms with Crippen molar-refractivity contribution in [2.45, 2.75) is 107 Å². The number of aliphatic imine (C=N–C) groups is 2. The number of fused-ring (bicyclic) bond motifs is 2. The third-order valence-corrected chi connectivity index (χ3v) is 21.6. The fourth-order valence-electron chi connectivity index (χ4n) is 8.28. The Kier molecular flexibility index (Phi) is 14.0. The zero-order valence-electron chi connectivity index (χ0n) is 35.1. The van der Waals surface area contributed by atoms with Crippen molar-refractivity contribution >= 4 is 94.1 Å². The Labute approximate surface area is 357 Å². The number of carbonyl (C=O) groups is 4. The van der Waals surface area contributed by atoms with Crippen molar-refractivity contribution in [1.82, 2.24) is 5.58 Å². The average Bonchev–Trinajstić information content (AvgIpc) is 3.82. The summed E-state index contributed by atoms with van der Waals surface area (Å²) in [6, 6.07) is 0. The Morgan fingerprint density at radius 3 is 1.41 bits per heavy atom. The number of hydrogen-bond donors (Lipinski definition) is 0. The van der Waals surface area contributed by atoms with Gasteiger partial charge in [-0.15, -0.1) is 0 Å². The number of nitrogens with zero attached hydrogens (tertiary/aromatic N) is 4. The molecule has 0 spiro atoms. The Morgan fingerprint density at radius 2 is 0.949 bits per heavy atom. The minimum atomic E-state index is -5.09. The van der Waals surface area contributed by atoms with Crippen LogP contribution in [0, 0.1) is 13.8 Å². The SMILES string of the molecule is CCOC(=O)CCC1=C(C)C2=NC1=Cc1c(CCC(=O)OCC)c(C)c3[n]1[Sn]([Cl])([Cl])[n]1c(c(C)c(CCC(=O)OCC)c1=CC1=NC(=C3)C(CCC(=O)OCC)=C1C)=C2. The van der Waals surface area contributed by atoms with Crippen LogP contribution in [0.2, 0.25) is 0 Å². The first-order chi connectivity index (χ1) is 28.2. The number of carbonyl (C=O) groups excluding carboxylic acids is 4. The molecule has 0 N–H and O–H groups in total. The summed E-state index contributed by atoms with van der Waals surface area (Å²) in [6.45, 7) is 16.2. The standard InChI is InChI=1S/C44H52N4O8.2ClH.Sn/c1-9-53-41(49)17-13-29-25(5)33-21-34-26(6)31(15-19-43(51)55-11-3)39(46-34)24-40-32(16-20-44(52)56-12-4)28(8)36(48-40)23-38-30(14-18-42(50)54-10-2)27(7)35(47-38)22-37(29)45-33;;;/h21-24H,9-20H2,1-8H3;2*1H;/q-2;;;+4/p-2. The van der Waals surface area contributed by atoms with Gasteiger partial charge in [0, 0.05) is 0 Å². The molecule has 0 aromatic carbocycles. The molecular weight excluding hydrogens is 902 g/mol. The van der Waals surface area contributed by atoms with Crippen LogP contribution in [0.5, 0.6) is 0 Å². The van der Waals surface area contributed by atoms with Gasteiger partial charge in [-0.3, -0.25) is 0 Å². The maximum absolute atomic E-state index is 12.9. The molecule has 2 aromatic rings. The third kappa shape index (κ3) is 8.86. The molecule has 4 aliphatic heterocycles. The number of allylic oxidation sites excluding steroid dienone is 4. The summed E-state index contributed by atoms with van der Waals surface area (Å²) in [6.07, 6.45) is 10.0. The molecule has 0 atom stereocenters. The molecule has 0 amide bonds. The van der Waals surface area contributed by atoms with Crippen molar-refractivity contribution in [3.05, 3.63) is 78.0 Å². The van der Waals surface area contributed by atoms with Crippen molar-refractivity contribution in [1.29, 1.82) is 0 Å². The van der Waals surface area contributed by atoms with Gasteiger partial charge in [-0.1, -0.05) is 0 Å². The van der Waals surface area contributed by atoms with Crippen LogP contribution in [0.1, 0.15) is 114 Å². The Bertz CT molecular complexity index is 2440. The van der Waals surface area contributed by atoms with Crippen LogP contribution in [0.3, 0.4) is 0 Å². The fraction of sp³-hybridized carbons (Fsp3) is 0.455. The molecule has 12 nitrogen and oxygen atoms in total. The quantitative estimate of drug-likeness (QED) is 0.103. The van der Waals surface area contributed by atoms with Crippen LogP contribution in [-0.2, 0) is 51.0 Å². The van der Waals surface area contributed by atoms with Crippen LogP contribution in [0.15, 0.2) is 43.7 Å². The summed E-state index contributed by atoms with van der Waals surface area (Å²) < 4.78 is 25.5. The van der Waals surface area contributed by atoms with Crippen molar-refractivity contribution in [2.75, 3.05) is 26.4 Å². The first-order valence-corrected chi connectivity index (χ1v) is 30.1. The van der Waals surface area contributed by atoms with E-state index in [9.17, 15) is 19.2 Å². The number of halogens is 2. The fourth-order valence-corrected chi connectivity index (χ4v) is 19.5. The van der Waals surface area contributed by atoms with E-state index in [1.807, 2.05) is 52.0 Å². The number of esters is 4. The summed E-state index contributed by atoms with van der Waals surface area (Å²) in [4.78, 5) is 61.7. The predicted octanol–water partition coefficient (Wildman–Crippen LogP) is 6.71. The van der Waals surface area contributed by atoms with Crippen molar-refractivity contribution in [2.24, 2.45) is 9.98 Å². The van der Waals surface area contributed by atoms with Crippen LogP contribution >= 0.6 is 17.8 Å². The average molecular weight is 955 g/mol. The van der Waals surface area contributed by atoms with Gasteiger partial charge in [-0.2, -0.15) is 0 Å². The van der Waals surface area contributed by atoms with Crippen LogP contribution in [0.4, 0.5) is 0 Å². The van der Waals surface area contributed by atoms with Gasteiger partial charge in [0.25, 0.3) is 0 Å². The van der Waals surface area contributed by atoms with Gasteiger partial charge in [-0.05, 0) is 0 Å². The Morgan fingerprint density at radius 1 is 0.542 bits per heavy atom. The Balaban J connectivity index is 1.74. The predicted molar refractivity (Wildman–Crippen MR) is 233 cm³/mol. The van der Waals surface area contributed by atoms with Gasteiger partial charge >= 0.3 is 359 Å². The third-order valence-electron chi connectivity index (χ3n) is 11.2. The van der Waals surface area contributed by atoms with Crippen LogP contribution in [0.25, 0.3) is 24.3 Å². The number of aromatic nitrogens is 2. The van der Waals surface area contributed by atoms with Gasteiger partial charge in [0.1, 0.15) is 0 Å². The van der Waals surface area contributed by atoms with Gasteiger partial charge in [0.15, 0.2) is 0 Å². The van der Waals surface area contributed by atoms with Crippen molar-refractivity contribution < 1.29 is 38.1 Å². The van der Waals surface area contributed by atoms with E-state index in [1.165, 1.54) is 0 Å². The molecule has 2 aromatic heterocycles. The molecule has 4 aliphatic rings. The molecule has 0 saturated carbocycles. The van der Waals surface area contributed by atoms with Crippen LogP contribution in [-0.4, -0.2) is 84.0 Å². The second-order valence-electron chi connectivity index (χ2n) is 14.7. The van der Waals surface area contributed by atoms with Crippen LogP contribution < -0.4 is 10.7 Å². The summed E-state index contributed by atoms with van der Waals surface area (Å²) in [7, 11) is 16.2. The van der Waals surface area contributed by atoms with Crippen molar-refractivity contribution in [3.8, 4) is 0 Å². The molecule has 0 saturated heterocycles. The monoisotopic (exact) mass is 954 g/mol. The minimum absolute atomic E-state index is 0.113.